The van der Waals surface area contributed by atoms with Gasteiger partial charge in [0.05, 0.1) is 24.6 Å². The fourth-order valence-corrected chi connectivity index (χ4v) is 5.40. The third-order valence-corrected chi connectivity index (χ3v) is 7.72. The van der Waals surface area contributed by atoms with E-state index in [0.29, 0.717) is 24.5 Å². The maximum atomic E-state index is 13.2. The van der Waals surface area contributed by atoms with E-state index in [4.69, 9.17) is 9.47 Å². The molecular formula is C33H48N6O5. The second-order valence-corrected chi connectivity index (χ2v) is 12.5. The van der Waals surface area contributed by atoms with Gasteiger partial charge in [-0.25, -0.2) is 9.59 Å². The molecule has 11 nitrogen and oxygen atoms in total. The molecule has 1 aromatic heterocycles. The summed E-state index contributed by atoms with van der Waals surface area (Å²) in [5.74, 6) is -0.411. The Labute approximate surface area is 261 Å². The highest BCUT2D eigenvalue weighted by atomic mass is 16.6. The second kappa shape index (κ2) is 16.4. The maximum Gasteiger partial charge on any atom is 0.412 e. The summed E-state index contributed by atoms with van der Waals surface area (Å²) < 4.78 is 10.8. The summed E-state index contributed by atoms with van der Waals surface area (Å²) in [5.41, 5.74) is 1.27. The second-order valence-electron chi connectivity index (χ2n) is 12.5. The number of nitrogens with one attached hydrogen (secondary N) is 3. The number of anilines is 2. The molecule has 2 aliphatic rings. The smallest absolute Gasteiger partial charge is 0.412 e. The van der Waals surface area contributed by atoms with Crippen LogP contribution in [0.3, 0.4) is 0 Å². The van der Waals surface area contributed by atoms with Crippen molar-refractivity contribution in [2.75, 3.05) is 50.0 Å². The molecular weight excluding hydrogens is 560 g/mol. The Morgan fingerprint density at radius 2 is 1.68 bits per heavy atom. The summed E-state index contributed by atoms with van der Waals surface area (Å²) in [6, 6.07) is 10.6. The Morgan fingerprint density at radius 3 is 2.34 bits per heavy atom. The Bertz CT molecular complexity index is 1220. The number of para-hydroxylation sites is 2. The molecule has 0 atom stereocenters. The summed E-state index contributed by atoms with van der Waals surface area (Å²) >= 11 is 0. The van der Waals surface area contributed by atoms with Gasteiger partial charge in [-0.05, 0) is 76.8 Å². The predicted molar refractivity (Wildman–Crippen MR) is 171 cm³/mol. The molecule has 4 amide bonds. The van der Waals surface area contributed by atoms with Crippen LogP contribution in [0.15, 0.2) is 42.6 Å². The average Bonchev–Trinajstić information content (AvgIpc) is 3.50. The van der Waals surface area contributed by atoms with Crippen LogP contribution in [0, 0.1) is 0 Å². The van der Waals surface area contributed by atoms with Crippen molar-refractivity contribution >= 4 is 29.4 Å². The number of amides is 4. The van der Waals surface area contributed by atoms with Gasteiger partial charge in [0.25, 0.3) is 5.91 Å². The fourth-order valence-electron chi connectivity index (χ4n) is 5.40. The van der Waals surface area contributed by atoms with Gasteiger partial charge in [0.2, 0.25) is 0 Å². The van der Waals surface area contributed by atoms with Gasteiger partial charge in [0.1, 0.15) is 11.3 Å². The van der Waals surface area contributed by atoms with Gasteiger partial charge >= 0.3 is 12.1 Å². The summed E-state index contributed by atoms with van der Waals surface area (Å²) in [6.07, 6.45) is 8.47. The predicted octanol–water partition coefficient (Wildman–Crippen LogP) is 5.64. The Hall–Kier alpha value is -3.70. The van der Waals surface area contributed by atoms with Gasteiger partial charge in [-0.1, -0.05) is 37.5 Å². The van der Waals surface area contributed by atoms with E-state index >= 15 is 0 Å². The number of unbranched alkanes of at least 4 members (excludes halogenated alkanes) is 2. The number of nitrogens with zero attached hydrogens (tertiary/aromatic N) is 3. The van der Waals surface area contributed by atoms with Crippen molar-refractivity contribution in [1.82, 2.24) is 20.1 Å². The first-order valence-electron chi connectivity index (χ1n) is 15.9. The molecule has 44 heavy (non-hydrogen) atoms. The minimum absolute atomic E-state index is 0.0407. The molecule has 0 bridgehead atoms. The van der Waals surface area contributed by atoms with E-state index in [1.165, 1.54) is 0 Å². The van der Waals surface area contributed by atoms with Crippen LogP contribution in [0.5, 0.6) is 0 Å². The molecule has 1 aliphatic heterocycles. The number of aromatic nitrogens is 1. The van der Waals surface area contributed by atoms with Crippen molar-refractivity contribution < 1.29 is 23.9 Å². The largest absolute Gasteiger partial charge is 0.444 e. The van der Waals surface area contributed by atoms with Crippen molar-refractivity contribution in [2.45, 2.75) is 83.9 Å². The first kappa shape index (κ1) is 33.2. The molecule has 4 rings (SSSR count). The Balaban J connectivity index is 1.32. The number of ether oxygens (including phenoxy) is 2. The van der Waals surface area contributed by atoms with Crippen LogP contribution in [0.2, 0.25) is 0 Å². The lowest BCUT2D eigenvalue weighted by Crippen LogP contribution is -2.44. The number of carbonyl (C=O) groups is 3. The van der Waals surface area contributed by atoms with Gasteiger partial charge < -0.3 is 25.0 Å². The molecule has 2 heterocycles. The number of morpholine rings is 1. The number of hydrogen-bond donors (Lipinski definition) is 3. The third-order valence-electron chi connectivity index (χ3n) is 7.72. The summed E-state index contributed by atoms with van der Waals surface area (Å²) in [6.45, 7) is 11.1. The zero-order valence-corrected chi connectivity index (χ0v) is 26.4. The highest BCUT2D eigenvalue weighted by molar-refractivity contribution is 6.05. The molecule has 0 unspecified atom stereocenters. The first-order chi connectivity index (χ1) is 21.2. The fraction of sp³-hybridized carbons (Fsp3) is 0.576. The van der Waals surface area contributed by atoms with Crippen molar-refractivity contribution in [3.05, 3.63) is 53.9 Å². The van der Waals surface area contributed by atoms with Crippen LogP contribution in [0.25, 0.3) is 0 Å². The molecule has 2 aromatic rings. The number of benzene rings is 1. The molecule has 0 spiro atoms. The van der Waals surface area contributed by atoms with Crippen molar-refractivity contribution in [3.8, 4) is 0 Å². The van der Waals surface area contributed by atoms with E-state index in [1.807, 2.05) is 11.0 Å². The van der Waals surface area contributed by atoms with E-state index in [0.717, 1.165) is 83.4 Å². The molecule has 1 aliphatic carbocycles. The third kappa shape index (κ3) is 11.1. The van der Waals surface area contributed by atoms with Gasteiger partial charge in [0, 0.05) is 38.4 Å². The van der Waals surface area contributed by atoms with Gasteiger partial charge in [-0.15, -0.1) is 0 Å². The Morgan fingerprint density at radius 1 is 0.977 bits per heavy atom. The highest BCUT2D eigenvalue weighted by Crippen LogP contribution is 2.23. The lowest BCUT2D eigenvalue weighted by Gasteiger charge is -2.27. The molecule has 3 N–H and O–H groups in total. The number of pyridine rings is 1. The molecule has 11 heteroatoms. The Kier molecular flexibility index (Phi) is 12.4. The topological polar surface area (TPSA) is 125 Å². The minimum atomic E-state index is -0.649. The lowest BCUT2D eigenvalue weighted by atomic mass is 10.2. The molecule has 1 saturated carbocycles. The molecule has 0 radical (unpaired) electrons. The van der Waals surface area contributed by atoms with Crippen LogP contribution in [0.1, 0.15) is 81.8 Å². The minimum Gasteiger partial charge on any atom is -0.444 e. The van der Waals surface area contributed by atoms with Gasteiger partial charge in [-0.2, -0.15) is 0 Å². The van der Waals surface area contributed by atoms with Gasteiger partial charge in [0.15, 0.2) is 0 Å². The normalized spacial score (nSPS) is 15.9. The summed E-state index contributed by atoms with van der Waals surface area (Å²) in [7, 11) is 0. The van der Waals surface area contributed by atoms with Crippen LogP contribution < -0.4 is 16.0 Å². The number of hydrogen-bond acceptors (Lipinski definition) is 7. The van der Waals surface area contributed by atoms with Crippen molar-refractivity contribution in [2.24, 2.45) is 0 Å². The van der Waals surface area contributed by atoms with E-state index in [-0.39, 0.29) is 17.8 Å². The molecule has 1 saturated heterocycles. The first-order valence-corrected chi connectivity index (χ1v) is 15.9. The summed E-state index contributed by atoms with van der Waals surface area (Å²) in [5, 5.41) is 8.73. The maximum absolute atomic E-state index is 13.2. The standard InChI is InChI=1S/C33H48N6O5/c1-33(2,3)44-32(42)37-28-14-8-7-13-27(28)36-30(40)29-16-15-25(23-34-29)24-39(31(41)35-26-11-5-6-12-26)18-10-4-9-17-38-19-21-43-22-20-38/h7-8,13-16,23,26H,4-6,9-12,17-22,24H2,1-3H3,(H,35,41)(H,36,40)(H,37,42). The molecule has 1 aromatic carbocycles. The summed E-state index contributed by atoms with van der Waals surface area (Å²) in [4.78, 5) is 47.2. The number of carbonyl (C=O) groups excluding carboxylic acids is 3. The van der Waals surface area contributed by atoms with E-state index < -0.39 is 17.6 Å². The van der Waals surface area contributed by atoms with E-state index in [1.54, 1.807) is 57.3 Å². The molecule has 240 valence electrons. The lowest BCUT2D eigenvalue weighted by molar-refractivity contribution is 0.0370. The quantitative estimate of drug-likeness (QED) is 0.267. The van der Waals surface area contributed by atoms with Crippen molar-refractivity contribution in [1.29, 1.82) is 0 Å². The number of rotatable bonds is 12. The van der Waals surface area contributed by atoms with Crippen LogP contribution in [0.4, 0.5) is 21.0 Å². The zero-order chi connectivity index (χ0) is 31.4. The molecule has 2 fully saturated rings. The van der Waals surface area contributed by atoms with E-state index in [2.05, 4.69) is 25.8 Å². The number of urea groups is 1. The van der Waals surface area contributed by atoms with Gasteiger partial charge in [-0.3, -0.25) is 20.0 Å². The monoisotopic (exact) mass is 608 g/mol. The van der Waals surface area contributed by atoms with Crippen LogP contribution in [-0.2, 0) is 16.0 Å². The van der Waals surface area contributed by atoms with Crippen molar-refractivity contribution in [3.63, 3.8) is 0 Å². The average molecular weight is 609 g/mol. The highest BCUT2D eigenvalue weighted by Gasteiger charge is 2.22. The zero-order valence-electron chi connectivity index (χ0n) is 26.4. The SMILES string of the molecule is CC(C)(C)OC(=O)Nc1ccccc1NC(=O)c1ccc(CN(CCCCCN2CCOCC2)C(=O)NC2CCCC2)cn1. The van der Waals surface area contributed by atoms with E-state index in [9.17, 15) is 14.4 Å². The van der Waals surface area contributed by atoms with Crippen LogP contribution >= 0.6 is 0 Å². The van der Waals surface area contributed by atoms with Crippen LogP contribution in [-0.4, -0.2) is 83.9 Å².